The molecule has 0 unspecified atom stereocenters. The van der Waals surface area contributed by atoms with E-state index in [1.165, 1.54) is 4.90 Å². The molecule has 1 aliphatic rings. The number of rotatable bonds is 8. The molecule has 0 saturated heterocycles. The number of amides is 2. The van der Waals surface area contributed by atoms with Crippen molar-refractivity contribution in [3.8, 4) is 0 Å². The second-order valence-corrected chi connectivity index (χ2v) is 10.8. The topological polar surface area (TPSA) is 96.5 Å². The molecule has 1 aliphatic carbocycles. The average Bonchev–Trinajstić information content (AvgIpc) is 2.77. The first-order valence-corrected chi connectivity index (χ1v) is 13.1. The van der Waals surface area contributed by atoms with E-state index in [0.717, 1.165) is 55.9 Å². The maximum Gasteiger partial charge on any atom is 0.410 e. The molecule has 1 aromatic heterocycles. The Morgan fingerprint density at radius 1 is 1.17 bits per heavy atom. The van der Waals surface area contributed by atoms with Crippen molar-refractivity contribution >= 4 is 17.8 Å². The predicted octanol–water partition coefficient (Wildman–Crippen LogP) is 5.45. The van der Waals surface area contributed by atoms with Crippen LogP contribution in [0.15, 0.2) is 6.20 Å². The van der Waals surface area contributed by atoms with Crippen LogP contribution >= 0.6 is 0 Å². The monoisotopic (exact) mass is 491 g/mol. The van der Waals surface area contributed by atoms with Crippen LogP contribution in [0, 0.1) is 12.8 Å². The number of hydrogen-bond acceptors (Lipinski definition) is 6. The molecule has 0 aliphatic heterocycles. The Morgan fingerprint density at radius 3 is 2.43 bits per heavy atom. The zero-order valence-electron chi connectivity index (χ0n) is 23.7. The zero-order valence-corrected chi connectivity index (χ0v) is 23.7. The maximum atomic E-state index is 12.6. The Hall–Kier alpha value is -2.38. The summed E-state index contributed by atoms with van der Waals surface area (Å²) in [4.78, 5) is 35.3. The SMILES string of the molecule is CC.CCCNc1nc(C)ncc1C(C)(C)[C@@H]1CCC[C@H](NC(=O)CN(C)C(=O)OC(C)(C)C)C1. The number of hydrogen-bond donors (Lipinski definition) is 2. The number of ether oxygens (including phenoxy) is 1. The highest BCUT2D eigenvalue weighted by molar-refractivity contribution is 5.82. The van der Waals surface area contributed by atoms with Crippen LogP contribution in [-0.4, -0.2) is 58.6 Å². The summed E-state index contributed by atoms with van der Waals surface area (Å²) in [7, 11) is 1.59. The lowest BCUT2D eigenvalue weighted by atomic mass is 9.66. The highest BCUT2D eigenvalue weighted by atomic mass is 16.6. The van der Waals surface area contributed by atoms with Gasteiger partial charge in [0.25, 0.3) is 0 Å². The van der Waals surface area contributed by atoms with Crippen LogP contribution < -0.4 is 10.6 Å². The third-order valence-corrected chi connectivity index (χ3v) is 6.29. The van der Waals surface area contributed by atoms with E-state index in [1.807, 2.05) is 47.7 Å². The van der Waals surface area contributed by atoms with Gasteiger partial charge in [0.1, 0.15) is 23.8 Å². The summed E-state index contributed by atoms with van der Waals surface area (Å²) in [5.41, 5.74) is 0.401. The number of aryl methyl sites for hydroxylation is 1. The van der Waals surface area contributed by atoms with E-state index in [2.05, 4.69) is 41.4 Å². The van der Waals surface area contributed by atoms with Gasteiger partial charge in [-0.05, 0) is 64.7 Å². The van der Waals surface area contributed by atoms with Gasteiger partial charge in [0.05, 0.1) is 0 Å². The van der Waals surface area contributed by atoms with Crippen LogP contribution in [0.4, 0.5) is 10.6 Å². The predicted molar refractivity (Wildman–Crippen MR) is 143 cm³/mol. The maximum absolute atomic E-state index is 12.6. The van der Waals surface area contributed by atoms with Gasteiger partial charge in [-0.2, -0.15) is 0 Å². The molecule has 35 heavy (non-hydrogen) atoms. The van der Waals surface area contributed by atoms with E-state index in [9.17, 15) is 9.59 Å². The minimum atomic E-state index is -0.589. The molecule has 2 N–H and O–H groups in total. The molecular weight excluding hydrogens is 442 g/mol. The summed E-state index contributed by atoms with van der Waals surface area (Å²) < 4.78 is 5.34. The third-order valence-electron chi connectivity index (χ3n) is 6.29. The summed E-state index contributed by atoms with van der Waals surface area (Å²) in [5.74, 6) is 1.90. The second kappa shape index (κ2) is 13.6. The normalized spacial score (nSPS) is 18.1. The van der Waals surface area contributed by atoms with Crippen molar-refractivity contribution in [1.29, 1.82) is 0 Å². The van der Waals surface area contributed by atoms with E-state index in [0.29, 0.717) is 5.92 Å². The lowest BCUT2D eigenvalue weighted by molar-refractivity contribution is -0.123. The Bertz CT molecular complexity index is 820. The molecule has 1 heterocycles. The minimum Gasteiger partial charge on any atom is -0.444 e. The first-order valence-electron chi connectivity index (χ1n) is 13.1. The summed E-state index contributed by atoms with van der Waals surface area (Å²) in [5, 5.41) is 6.61. The number of nitrogens with one attached hydrogen (secondary N) is 2. The van der Waals surface area contributed by atoms with Gasteiger partial charge in [0, 0.05) is 31.4 Å². The number of aromatic nitrogens is 2. The third kappa shape index (κ3) is 9.65. The number of nitrogens with zero attached hydrogens (tertiary/aromatic N) is 3. The minimum absolute atomic E-state index is 0.0175. The van der Waals surface area contributed by atoms with E-state index in [4.69, 9.17) is 4.74 Å². The summed E-state index contributed by atoms with van der Waals surface area (Å²) in [6, 6.07) is 0.0842. The molecule has 200 valence electrons. The van der Waals surface area contributed by atoms with Crippen molar-refractivity contribution in [2.45, 2.75) is 111 Å². The first-order chi connectivity index (χ1) is 16.3. The van der Waals surface area contributed by atoms with Crippen LogP contribution in [0.1, 0.15) is 98.9 Å². The fourth-order valence-electron chi connectivity index (χ4n) is 4.41. The van der Waals surface area contributed by atoms with Crippen LogP contribution in [0.2, 0.25) is 0 Å². The van der Waals surface area contributed by atoms with Crippen molar-refractivity contribution in [3.63, 3.8) is 0 Å². The molecule has 1 aromatic rings. The van der Waals surface area contributed by atoms with Crippen LogP contribution in [0.5, 0.6) is 0 Å². The number of anilines is 1. The molecule has 1 saturated carbocycles. The van der Waals surface area contributed by atoms with Gasteiger partial charge in [-0.15, -0.1) is 0 Å². The first kappa shape index (κ1) is 30.7. The molecule has 8 nitrogen and oxygen atoms in total. The zero-order chi connectivity index (χ0) is 26.8. The van der Waals surface area contributed by atoms with Gasteiger partial charge in [-0.3, -0.25) is 4.79 Å². The standard InChI is InChI=1S/C25H43N5O3.C2H6/c1-9-13-26-22-20(15-27-17(2)28-22)25(6,7)18-11-10-12-19(14-18)29-21(31)16-30(8)23(32)33-24(3,4)5;1-2/h15,18-19H,9-14,16H2,1-8H3,(H,29,31)(H,26,27,28);1-2H3/t18-,19+;/m1./s1. The largest absolute Gasteiger partial charge is 0.444 e. The summed E-state index contributed by atoms with van der Waals surface area (Å²) in [6.45, 7) is 18.8. The van der Waals surface area contributed by atoms with Crippen molar-refractivity contribution in [2.75, 3.05) is 25.5 Å². The van der Waals surface area contributed by atoms with Crippen LogP contribution in [0.25, 0.3) is 0 Å². The quantitative estimate of drug-likeness (QED) is 0.502. The Labute approximate surface area is 213 Å². The van der Waals surface area contributed by atoms with Crippen LogP contribution in [-0.2, 0) is 14.9 Å². The fraction of sp³-hybridized carbons (Fsp3) is 0.778. The van der Waals surface area contributed by atoms with E-state index >= 15 is 0 Å². The highest BCUT2D eigenvalue weighted by Crippen LogP contribution is 2.42. The highest BCUT2D eigenvalue weighted by Gasteiger charge is 2.38. The molecule has 0 aromatic carbocycles. The molecule has 8 heteroatoms. The van der Waals surface area contributed by atoms with Crippen molar-refractivity contribution < 1.29 is 14.3 Å². The van der Waals surface area contributed by atoms with Gasteiger partial charge >= 0.3 is 6.09 Å². The average molecular weight is 492 g/mol. The molecule has 0 bridgehead atoms. The van der Waals surface area contributed by atoms with E-state index in [-0.39, 0.29) is 23.9 Å². The molecule has 2 atom stereocenters. The second-order valence-electron chi connectivity index (χ2n) is 10.8. The molecular formula is C27H49N5O3. The molecule has 0 radical (unpaired) electrons. The van der Waals surface area contributed by atoms with E-state index < -0.39 is 11.7 Å². The summed E-state index contributed by atoms with van der Waals surface area (Å²) >= 11 is 0. The van der Waals surface area contributed by atoms with Gasteiger partial charge in [-0.1, -0.05) is 41.0 Å². The Kier molecular flexibility index (Phi) is 11.9. The van der Waals surface area contributed by atoms with Gasteiger partial charge in [0.2, 0.25) is 5.91 Å². The Balaban J connectivity index is 0.00000298. The molecule has 2 amide bonds. The van der Waals surface area contributed by atoms with Gasteiger partial charge in [-0.25, -0.2) is 14.8 Å². The smallest absolute Gasteiger partial charge is 0.410 e. The lowest BCUT2D eigenvalue weighted by Gasteiger charge is -2.41. The van der Waals surface area contributed by atoms with Crippen molar-refractivity contribution in [2.24, 2.45) is 5.92 Å². The van der Waals surface area contributed by atoms with Gasteiger partial charge in [0.15, 0.2) is 0 Å². The molecule has 1 fully saturated rings. The van der Waals surface area contributed by atoms with Crippen molar-refractivity contribution in [1.82, 2.24) is 20.2 Å². The van der Waals surface area contributed by atoms with Crippen LogP contribution in [0.3, 0.4) is 0 Å². The fourth-order valence-corrected chi connectivity index (χ4v) is 4.41. The molecule has 0 spiro atoms. The summed E-state index contributed by atoms with van der Waals surface area (Å²) in [6.07, 6.45) is 6.46. The van der Waals surface area contributed by atoms with Gasteiger partial charge < -0.3 is 20.3 Å². The number of carbonyl (C=O) groups excluding carboxylic acids is 2. The Morgan fingerprint density at radius 2 is 1.83 bits per heavy atom. The lowest BCUT2D eigenvalue weighted by Crippen LogP contribution is -2.47. The molecule has 2 rings (SSSR count). The number of likely N-dealkylation sites (N-methyl/N-ethyl adjacent to an activating group) is 1. The van der Waals surface area contributed by atoms with E-state index in [1.54, 1.807) is 7.05 Å². The van der Waals surface area contributed by atoms with Crippen molar-refractivity contribution in [3.05, 3.63) is 17.6 Å². The number of carbonyl (C=O) groups is 2.